The van der Waals surface area contributed by atoms with Crippen molar-refractivity contribution in [2.75, 3.05) is 0 Å². The molecule has 1 unspecified atom stereocenters. The van der Waals surface area contributed by atoms with Gasteiger partial charge in [0, 0.05) is 17.7 Å². The summed E-state index contributed by atoms with van der Waals surface area (Å²) in [5.41, 5.74) is 7.10. The van der Waals surface area contributed by atoms with E-state index < -0.39 is 0 Å². The molecule has 0 heterocycles. The van der Waals surface area contributed by atoms with Crippen LogP contribution in [-0.4, -0.2) is 6.04 Å². The molecule has 0 amide bonds. The van der Waals surface area contributed by atoms with Gasteiger partial charge >= 0.3 is 0 Å². The first-order valence-electron chi connectivity index (χ1n) is 6.99. The molecule has 1 atom stereocenters. The molecule has 2 aromatic rings. The number of rotatable bonds is 6. The van der Waals surface area contributed by atoms with Gasteiger partial charge < -0.3 is 10.5 Å². The average molecular weight is 291 g/mol. The number of ether oxygens (including phenoxy) is 1. The third-order valence-corrected chi connectivity index (χ3v) is 3.31. The van der Waals surface area contributed by atoms with Crippen LogP contribution in [0.15, 0.2) is 42.5 Å². The number of hydrogen-bond acceptors (Lipinski definition) is 2. The van der Waals surface area contributed by atoms with Gasteiger partial charge in [-0.05, 0) is 36.6 Å². The Morgan fingerprint density at radius 3 is 2.62 bits per heavy atom. The Balaban J connectivity index is 2.08. The minimum absolute atomic E-state index is 0.00813. The van der Waals surface area contributed by atoms with E-state index in [0.29, 0.717) is 17.7 Å². The molecule has 0 aliphatic rings. The molecule has 21 heavy (non-hydrogen) atoms. The van der Waals surface area contributed by atoms with Crippen LogP contribution in [0.5, 0.6) is 5.75 Å². The van der Waals surface area contributed by atoms with Crippen LogP contribution >= 0.6 is 0 Å². The number of nitrogens with two attached hydrogens (primary N) is 1. The highest BCUT2D eigenvalue weighted by molar-refractivity contribution is 5.30. The first-order valence-corrected chi connectivity index (χ1v) is 6.99. The normalized spacial score (nSPS) is 12.2. The molecule has 0 fully saturated rings. The van der Waals surface area contributed by atoms with Crippen LogP contribution < -0.4 is 10.5 Å². The van der Waals surface area contributed by atoms with Crippen LogP contribution in [0.2, 0.25) is 0 Å². The standard InChI is InChI=1S/C17H19F2NO/c1-2-15(20)8-12-7-14(18)10-16(9-12)21-11-13-5-3-4-6-17(13)19/h3-7,9-10,15H,2,8,11,20H2,1H3. The molecule has 0 spiro atoms. The van der Waals surface area contributed by atoms with E-state index >= 15 is 0 Å². The lowest BCUT2D eigenvalue weighted by Gasteiger charge is -2.12. The smallest absolute Gasteiger partial charge is 0.129 e. The number of benzene rings is 2. The minimum atomic E-state index is -0.376. The lowest BCUT2D eigenvalue weighted by molar-refractivity contribution is 0.298. The van der Waals surface area contributed by atoms with Crippen LogP contribution in [0.1, 0.15) is 24.5 Å². The van der Waals surface area contributed by atoms with Crippen molar-refractivity contribution in [3.63, 3.8) is 0 Å². The van der Waals surface area contributed by atoms with E-state index in [1.165, 1.54) is 18.2 Å². The van der Waals surface area contributed by atoms with Crippen molar-refractivity contribution >= 4 is 0 Å². The molecule has 2 nitrogen and oxygen atoms in total. The molecule has 2 rings (SSSR count). The highest BCUT2D eigenvalue weighted by Crippen LogP contribution is 2.20. The summed E-state index contributed by atoms with van der Waals surface area (Å²) in [5, 5.41) is 0. The zero-order valence-electron chi connectivity index (χ0n) is 12.0. The SMILES string of the molecule is CCC(N)Cc1cc(F)cc(OCc2ccccc2F)c1. The minimum Gasteiger partial charge on any atom is -0.489 e. The zero-order valence-corrected chi connectivity index (χ0v) is 12.0. The Morgan fingerprint density at radius 2 is 1.90 bits per heavy atom. The number of halogens is 2. The molecule has 0 aliphatic carbocycles. The van der Waals surface area contributed by atoms with Gasteiger partial charge in [0.25, 0.3) is 0 Å². The first-order chi connectivity index (χ1) is 10.1. The van der Waals surface area contributed by atoms with Gasteiger partial charge in [0.1, 0.15) is 24.0 Å². The fraction of sp³-hybridized carbons (Fsp3) is 0.294. The fourth-order valence-corrected chi connectivity index (χ4v) is 2.05. The summed E-state index contributed by atoms with van der Waals surface area (Å²) >= 11 is 0. The van der Waals surface area contributed by atoms with Crippen LogP contribution in [0.25, 0.3) is 0 Å². The van der Waals surface area contributed by atoms with Crippen molar-refractivity contribution < 1.29 is 13.5 Å². The molecule has 0 aliphatic heterocycles. The molecule has 4 heteroatoms. The summed E-state index contributed by atoms with van der Waals surface area (Å²) in [6.07, 6.45) is 1.41. The Bertz CT molecular complexity index is 601. The Morgan fingerprint density at radius 1 is 1.14 bits per heavy atom. The molecule has 0 saturated carbocycles. The summed E-state index contributed by atoms with van der Waals surface area (Å²) in [4.78, 5) is 0. The molecule has 112 valence electrons. The predicted octanol–water partition coefficient (Wildman–Crippen LogP) is 3.82. The molecular formula is C17H19F2NO. The molecule has 2 aromatic carbocycles. The van der Waals surface area contributed by atoms with E-state index in [0.717, 1.165) is 12.0 Å². The third kappa shape index (κ3) is 4.53. The summed E-state index contributed by atoms with van der Waals surface area (Å²) < 4.78 is 32.6. The van der Waals surface area contributed by atoms with Gasteiger partial charge in [-0.2, -0.15) is 0 Å². The largest absolute Gasteiger partial charge is 0.489 e. The van der Waals surface area contributed by atoms with E-state index in [1.54, 1.807) is 24.3 Å². The van der Waals surface area contributed by atoms with Gasteiger partial charge in [-0.25, -0.2) is 8.78 Å². The maximum atomic E-state index is 13.6. The quantitative estimate of drug-likeness (QED) is 0.878. The first kappa shape index (κ1) is 15.4. The summed E-state index contributed by atoms with van der Waals surface area (Å²) in [6, 6.07) is 10.8. The second-order valence-electron chi connectivity index (χ2n) is 5.05. The van der Waals surface area contributed by atoms with Gasteiger partial charge in [0.2, 0.25) is 0 Å². The molecule has 2 N–H and O–H groups in total. The van der Waals surface area contributed by atoms with Gasteiger partial charge in [-0.15, -0.1) is 0 Å². The van der Waals surface area contributed by atoms with Crippen LogP contribution in [0, 0.1) is 11.6 Å². The number of hydrogen-bond donors (Lipinski definition) is 1. The van der Waals surface area contributed by atoms with Crippen molar-refractivity contribution in [1.29, 1.82) is 0 Å². The molecule has 0 bridgehead atoms. The molecule has 0 radical (unpaired) electrons. The Kier molecular flexibility index (Phi) is 5.28. The lowest BCUT2D eigenvalue weighted by atomic mass is 10.0. The van der Waals surface area contributed by atoms with Crippen LogP contribution in [0.3, 0.4) is 0 Å². The topological polar surface area (TPSA) is 35.2 Å². The second-order valence-corrected chi connectivity index (χ2v) is 5.05. The third-order valence-electron chi connectivity index (χ3n) is 3.31. The highest BCUT2D eigenvalue weighted by Gasteiger charge is 2.07. The van der Waals surface area contributed by atoms with Crippen LogP contribution in [0.4, 0.5) is 8.78 Å². The average Bonchev–Trinajstić information content (AvgIpc) is 2.45. The van der Waals surface area contributed by atoms with Gasteiger partial charge in [0.15, 0.2) is 0 Å². The van der Waals surface area contributed by atoms with Gasteiger partial charge in [-0.3, -0.25) is 0 Å². The highest BCUT2D eigenvalue weighted by atomic mass is 19.1. The van der Waals surface area contributed by atoms with Crippen molar-refractivity contribution in [1.82, 2.24) is 0 Å². The van der Waals surface area contributed by atoms with E-state index in [4.69, 9.17) is 10.5 Å². The molecule has 0 saturated heterocycles. The van der Waals surface area contributed by atoms with Gasteiger partial charge in [-0.1, -0.05) is 25.1 Å². The van der Waals surface area contributed by atoms with E-state index in [1.807, 2.05) is 6.92 Å². The summed E-state index contributed by atoms with van der Waals surface area (Å²) in [5.74, 6) is -0.321. The molecular weight excluding hydrogens is 272 g/mol. The fourth-order valence-electron chi connectivity index (χ4n) is 2.05. The summed E-state index contributed by atoms with van der Waals surface area (Å²) in [6.45, 7) is 2.05. The van der Waals surface area contributed by atoms with E-state index in [-0.39, 0.29) is 24.3 Å². The van der Waals surface area contributed by atoms with Crippen molar-refractivity contribution in [2.24, 2.45) is 5.73 Å². The van der Waals surface area contributed by atoms with Crippen molar-refractivity contribution in [3.8, 4) is 5.75 Å². The maximum Gasteiger partial charge on any atom is 0.129 e. The van der Waals surface area contributed by atoms with Gasteiger partial charge in [0.05, 0.1) is 0 Å². The van der Waals surface area contributed by atoms with Crippen molar-refractivity contribution in [3.05, 3.63) is 65.2 Å². The second kappa shape index (κ2) is 7.18. The Labute approximate surface area is 123 Å². The summed E-state index contributed by atoms with van der Waals surface area (Å²) in [7, 11) is 0. The predicted molar refractivity (Wildman–Crippen MR) is 79.1 cm³/mol. The van der Waals surface area contributed by atoms with Crippen LogP contribution in [-0.2, 0) is 13.0 Å². The maximum absolute atomic E-state index is 13.6. The molecule has 0 aromatic heterocycles. The zero-order chi connectivity index (χ0) is 15.2. The lowest BCUT2D eigenvalue weighted by Crippen LogP contribution is -2.21. The van der Waals surface area contributed by atoms with Crippen molar-refractivity contribution in [2.45, 2.75) is 32.4 Å². The monoisotopic (exact) mass is 291 g/mol. The Hall–Kier alpha value is -1.94. The van der Waals surface area contributed by atoms with E-state index in [9.17, 15) is 8.78 Å². The van der Waals surface area contributed by atoms with E-state index in [2.05, 4.69) is 0 Å².